The Morgan fingerprint density at radius 1 is 1.25 bits per heavy atom. The lowest BCUT2D eigenvalue weighted by Crippen LogP contribution is -2.30. The maximum absolute atomic E-state index is 12.1. The Labute approximate surface area is 121 Å². The van der Waals surface area contributed by atoms with Crippen LogP contribution < -0.4 is 4.72 Å². The topological polar surface area (TPSA) is 76.4 Å². The van der Waals surface area contributed by atoms with Crippen LogP contribution in [-0.4, -0.2) is 14.3 Å². The van der Waals surface area contributed by atoms with E-state index < -0.39 is 15.9 Å². The number of rotatable bonds is 3. The van der Waals surface area contributed by atoms with Gasteiger partial charge >= 0.3 is 0 Å². The lowest BCUT2D eigenvalue weighted by Gasteiger charge is -2.06. The summed E-state index contributed by atoms with van der Waals surface area (Å²) in [7, 11) is -3.96. The number of aryl methyl sites for hydroxylation is 2. The fraction of sp³-hybridized carbons (Fsp3) is 0.154. The molecular weight excluding hydrogens is 302 g/mol. The van der Waals surface area contributed by atoms with Gasteiger partial charge in [-0.3, -0.25) is 4.79 Å². The summed E-state index contributed by atoms with van der Waals surface area (Å²) >= 11 is 5.74. The fourth-order valence-electron chi connectivity index (χ4n) is 1.73. The Morgan fingerprint density at radius 3 is 2.50 bits per heavy atom. The molecule has 0 bridgehead atoms. The van der Waals surface area contributed by atoms with Crippen molar-refractivity contribution >= 4 is 27.5 Å². The summed E-state index contributed by atoms with van der Waals surface area (Å²) in [5.41, 5.74) is 0.188. The van der Waals surface area contributed by atoms with Crippen LogP contribution in [0.25, 0.3) is 0 Å². The van der Waals surface area contributed by atoms with Crippen molar-refractivity contribution in [1.29, 1.82) is 0 Å². The molecule has 1 N–H and O–H groups in total. The predicted octanol–water partition coefficient (Wildman–Crippen LogP) is 2.67. The number of carbonyl (C=O) groups is 1. The number of carbonyl (C=O) groups excluding carboxylic acids is 1. The Bertz CT molecular complexity index is 764. The standard InChI is InChI=1S/C13H12ClNO4S/c1-8-6-12(9(2)19-8)13(16)15-20(17,18)11-5-3-4-10(14)7-11/h3-7H,1-2H3,(H,15,16). The van der Waals surface area contributed by atoms with Crippen molar-refractivity contribution in [3.8, 4) is 0 Å². The second-order valence-corrected chi connectivity index (χ2v) is 6.34. The van der Waals surface area contributed by atoms with E-state index in [1.807, 2.05) is 4.72 Å². The maximum atomic E-state index is 12.1. The van der Waals surface area contributed by atoms with E-state index in [1.165, 1.54) is 24.3 Å². The summed E-state index contributed by atoms with van der Waals surface area (Å²) in [5.74, 6) is 0.161. The van der Waals surface area contributed by atoms with Crippen LogP contribution in [-0.2, 0) is 10.0 Å². The molecule has 0 spiro atoms. The average Bonchev–Trinajstić information content (AvgIpc) is 2.68. The third-order valence-corrected chi connectivity index (χ3v) is 4.18. The predicted molar refractivity (Wildman–Crippen MR) is 74.3 cm³/mol. The van der Waals surface area contributed by atoms with Crippen LogP contribution in [0.15, 0.2) is 39.6 Å². The van der Waals surface area contributed by atoms with Gasteiger partial charge < -0.3 is 4.42 Å². The molecule has 0 unspecified atom stereocenters. The summed E-state index contributed by atoms with van der Waals surface area (Å²) < 4.78 is 31.3. The highest BCUT2D eigenvalue weighted by Crippen LogP contribution is 2.17. The molecule has 0 atom stereocenters. The van der Waals surface area contributed by atoms with Gasteiger partial charge in [-0.2, -0.15) is 0 Å². The number of sulfonamides is 1. The molecule has 1 heterocycles. The minimum Gasteiger partial charge on any atom is -0.466 e. The SMILES string of the molecule is Cc1cc(C(=O)NS(=O)(=O)c2cccc(Cl)c2)c(C)o1. The summed E-state index contributed by atoms with van der Waals surface area (Å²) in [6.07, 6.45) is 0. The molecule has 1 aromatic carbocycles. The first-order valence-electron chi connectivity index (χ1n) is 5.69. The first-order chi connectivity index (χ1) is 9.29. The van der Waals surface area contributed by atoms with Gasteiger partial charge in [0.25, 0.3) is 15.9 Å². The third-order valence-electron chi connectivity index (χ3n) is 2.62. The molecule has 106 valence electrons. The van der Waals surface area contributed by atoms with Crippen LogP contribution in [0.3, 0.4) is 0 Å². The Kier molecular flexibility index (Phi) is 3.87. The molecule has 20 heavy (non-hydrogen) atoms. The monoisotopic (exact) mass is 313 g/mol. The van der Waals surface area contributed by atoms with Crippen LogP contribution in [0, 0.1) is 13.8 Å². The second-order valence-electron chi connectivity index (χ2n) is 4.22. The number of hydrogen-bond donors (Lipinski definition) is 1. The molecule has 0 saturated carbocycles. The van der Waals surface area contributed by atoms with Gasteiger partial charge in [0.1, 0.15) is 11.5 Å². The highest BCUT2D eigenvalue weighted by molar-refractivity contribution is 7.90. The normalized spacial score (nSPS) is 11.3. The number of furan rings is 1. The molecule has 0 fully saturated rings. The zero-order chi connectivity index (χ0) is 14.9. The fourth-order valence-corrected chi connectivity index (χ4v) is 2.99. The minimum atomic E-state index is -3.96. The van der Waals surface area contributed by atoms with Gasteiger partial charge in [-0.1, -0.05) is 17.7 Å². The minimum absolute atomic E-state index is 0.0729. The van der Waals surface area contributed by atoms with Crippen molar-refractivity contribution in [2.45, 2.75) is 18.7 Å². The molecule has 0 radical (unpaired) electrons. The van der Waals surface area contributed by atoms with E-state index in [9.17, 15) is 13.2 Å². The molecule has 0 aliphatic carbocycles. The average molecular weight is 314 g/mol. The van der Waals surface area contributed by atoms with Gasteiger partial charge in [0.05, 0.1) is 10.5 Å². The molecule has 0 aliphatic rings. The van der Waals surface area contributed by atoms with Gasteiger partial charge in [0.2, 0.25) is 0 Å². The van der Waals surface area contributed by atoms with E-state index in [1.54, 1.807) is 19.9 Å². The van der Waals surface area contributed by atoms with E-state index in [4.69, 9.17) is 16.0 Å². The molecule has 0 saturated heterocycles. The Balaban J connectivity index is 2.29. The first-order valence-corrected chi connectivity index (χ1v) is 7.55. The zero-order valence-corrected chi connectivity index (χ0v) is 12.4. The molecule has 0 aliphatic heterocycles. The van der Waals surface area contributed by atoms with Gasteiger partial charge in [0, 0.05) is 5.02 Å². The molecule has 7 heteroatoms. The summed E-state index contributed by atoms with van der Waals surface area (Å²) in [6.45, 7) is 3.27. The molecular formula is C13H12ClNO4S. The van der Waals surface area contributed by atoms with Crippen molar-refractivity contribution in [3.63, 3.8) is 0 Å². The third kappa shape index (κ3) is 3.02. The lowest BCUT2D eigenvalue weighted by atomic mass is 10.2. The van der Waals surface area contributed by atoms with Crippen molar-refractivity contribution < 1.29 is 17.6 Å². The van der Waals surface area contributed by atoms with E-state index in [2.05, 4.69) is 0 Å². The highest BCUT2D eigenvalue weighted by Gasteiger charge is 2.21. The molecule has 2 rings (SSSR count). The molecule has 2 aromatic rings. The van der Waals surface area contributed by atoms with Crippen molar-refractivity contribution in [2.24, 2.45) is 0 Å². The maximum Gasteiger partial charge on any atom is 0.268 e. The number of amides is 1. The summed E-state index contributed by atoms with van der Waals surface area (Å²) in [5, 5.41) is 0.274. The number of nitrogens with one attached hydrogen (secondary N) is 1. The van der Waals surface area contributed by atoms with Gasteiger partial charge in [0.15, 0.2) is 0 Å². The molecule has 5 nitrogen and oxygen atoms in total. The zero-order valence-electron chi connectivity index (χ0n) is 10.8. The van der Waals surface area contributed by atoms with Crippen LogP contribution in [0.1, 0.15) is 21.9 Å². The van der Waals surface area contributed by atoms with Crippen molar-refractivity contribution in [1.82, 2.24) is 4.72 Å². The Morgan fingerprint density at radius 2 is 1.95 bits per heavy atom. The smallest absolute Gasteiger partial charge is 0.268 e. The van der Waals surface area contributed by atoms with Crippen LogP contribution in [0.5, 0.6) is 0 Å². The van der Waals surface area contributed by atoms with E-state index >= 15 is 0 Å². The number of benzene rings is 1. The van der Waals surface area contributed by atoms with E-state index in [-0.39, 0.29) is 15.5 Å². The second kappa shape index (κ2) is 5.30. The molecule has 1 aromatic heterocycles. The van der Waals surface area contributed by atoms with Crippen molar-refractivity contribution in [3.05, 3.63) is 52.4 Å². The Hall–Kier alpha value is -1.79. The van der Waals surface area contributed by atoms with Crippen LogP contribution in [0.4, 0.5) is 0 Å². The van der Waals surface area contributed by atoms with E-state index in [0.717, 1.165) is 0 Å². The van der Waals surface area contributed by atoms with Gasteiger partial charge in [-0.05, 0) is 38.1 Å². The highest BCUT2D eigenvalue weighted by atomic mass is 35.5. The van der Waals surface area contributed by atoms with Crippen molar-refractivity contribution in [2.75, 3.05) is 0 Å². The van der Waals surface area contributed by atoms with Gasteiger partial charge in [-0.15, -0.1) is 0 Å². The largest absolute Gasteiger partial charge is 0.466 e. The summed E-state index contributed by atoms with van der Waals surface area (Å²) in [6, 6.07) is 7.15. The quantitative estimate of drug-likeness (QED) is 0.945. The molecule has 1 amide bonds. The van der Waals surface area contributed by atoms with Gasteiger partial charge in [-0.25, -0.2) is 13.1 Å². The summed E-state index contributed by atoms with van der Waals surface area (Å²) in [4.78, 5) is 11.9. The van der Waals surface area contributed by atoms with Crippen LogP contribution in [0.2, 0.25) is 5.02 Å². The van der Waals surface area contributed by atoms with E-state index in [0.29, 0.717) is 11.5 Å². The number of hydrogen-bond acceptors (Lipinski definition) is 4. The lowest BCUT2D eigenvalue weighted by molar-refractivity contribution is 0.0980. The first kappa shape index (κ1) is 14.6. The van der Waals surface area contributed by atoms with Crippen LogP contribution >= 0.6 is 11.6 Å². The number of halogens is 1.